The normalized spacial score (nSPS) is 21.9. The number of unbranched alkanes of at least 4 members (excludes halogenated alkanes) is 1. The number of likely N-dealkylation sites (N-methyl/N-ethyl adjacent to an activating group) is 1. The van der Waals surface area contributed by atoms with E-state index in [9.17, 15) is 14.7 Å². The lowest BCUT2D eigenvalue weighted by Crippen LogP contribution is -2.54. The maximum atomic E-state index is 13.0. The van der Waals surface area contributed by atoms with Gasteiger partial charge in [0.2, 0.25) is 5.91 Å². The number of rotatable bonds is 7. The van der Waals surface area contributed by atoms with Crippen molar-refractivity contribution in [2.75, 3.05) is 7.05 Å². The van der Waals surface area contributed by atoms with Crippen LogP contribution in [0.2, 0.25) is 0 Å². The molecule has 0 atom stereocenters. The van der Waals surface area contributed by atoms with Crippen molar-refractivity contribution in [3.05, 3.63) is 34.0 Å². The summed E-state index contributed by atoms with van der Waals surface area (Å²) in [6, 6.07) is 1.93. The first-order valence-electron chi connectivity index (χ1n) is 10.2. The molecule has 2 aromatic heterocycles. The standard InChI is InChI=1S/C21H32N4O3/c1-6-7-8-18-22-25(13-19(26)23(5)16-10-21(4,28)11-16)20(27)17-9-15(14(2)3)12-24(17)18/h9,12,14,16,28H,6-8,10-11,13H2,1-5H3. The highest BCUT2D eigenvalue weighted by Gasteiger charge is 2.41. The van der Waals surface area contributed by atoms with Gasteiger partial charge in [-0.05, 0) is 43.7 Å². The second kappa shape index (κ2) is 7.70. The smallest absolute Gasteiger partial charge is 0.291 e. The number of aromatic nitrogens is 3. The molecule has 1 aliphatic carbocycles. The van der Waals surface area contributed by atoms with Crippen molar-refractivity contribution in [2.45, 2.75) is 83.9 Å². The molecule has 2 aromatic rings. The molecule has 1 amide bonds. The average Bonchev–Trinajstić information content (AvgIpc) is 3.06. The van der Waals surface area contributed by atoms with Gasteiger partial charge in [0, 0.05) is 25.7 Å². The molecule has 1 saturated carbocycles. The maximum absolute atomic E-state index is 13.0. The molecule has 3 rings (SSSR count). The number of hydrogen-bond acceptors (Lipinski definition) is 4. The zero-order valence-corrected chi connectivity index (χ0v) is 17.6. The van der Waals surface area contributed by atoms with Gasteiger partial charge in [0.05, 0.1) is 5.60 Å². The van der Waals surface area contributed by atoms with Crippen LogP contribution in [-0.4, -0.2) is 48.8 Å². The van der Waals surface area contributed by atoms with Crippen molar-refractivity contribution in [3.63, 3.8) is 0 Å². The van der Waals surface area contributed by atoms with Gasteiger partial charge in [-0.2, -0.15) is 5.10 Å². The number of aliphatic hydroxyl groups is 1. The van der Waals surface area contributed by atoms with Crippen molar-refractivity contribution in [3.8, 4) is 0 Å². The summed E-state index contributed by atoms with van der Waals surface area (Å²) in [7, 11) is 1.73. The number of nitrogens with zero attached hydrogens (tertiary/aromatic N) is 4. The number of carbonyl (C=O) groups excluding carboxylic acids is 1. The van der Waals surface area contributed by atoms with Gasteiger partial charge < -0.3 is 10.0 Å². The zero-order chi connectivity index (χ0) is 20.6. The minimum atomic E-state index is -0.695. The average molecular weight is 389 g/mol. The lowest BCUT2D eigenvalue weighted by Gasteiger charge is -2.45. The Labute approximate surface area is 166 Å². The Morgan fingerprint density at radius 3 is 2.68 bits per heavy atom. The van der Waals surface area contributed by atoms with E-state index < -0.39 is 5.60 Å². The van der Waals surface area contributed by atoms with Crippen LogP contribution >= 0.6 is 0 Å². The van der Waals surface area contributed by atoms with E-state index in [1.54, 1.807) is 18.9 Å². The second-order valence-electron chi connectivity index (χ2n) is 8.73. The number of hydrogen-bond donors (Lipinski definition) is 1. The summed E-state index contributed by atoms with van der Waals surface area (Å²) < 4.78 is 3.20. The van der Waals surface area contributed by atoms with Gasteiger partial charge in [0.25, 0.3) is 5.56 Å². The van der Waals surface area contributed by atoms with E-state index in [0.717, 1.165) is 30.7 Å². The first kappa shape index (κ1) is 20.6. The van der Waals surface area contributed by atoms with Gasteiger partial charge in [-0.15, -0.1) is 0 Å². The second-order valence-corrected chi connectivity index (χ2v) is 8.73. The number of carbonyl (C=O) groups is 1. The van der Waals surface area contributed by atoms with Crippen LogP contribution in [0, 0.1) is 0 Å². The third-order valence-corrected chi connectivity index (χ3v) is 5.81. The minimum absolute atomic E-state index is 0.0161. The van der Waals surface area contributed by atoms with Crippen LogP contribution in [0.3, 0.4) is 0 Å². The van der Waals surface area contributed by atoms with Gasteiger partial charge >= 0.3 is 0 Å². The lowest BCUT2D eigenvalue weighted by molar-refractivity contribution is -0.141. The van der Waals surface area contributed by atoms with Crippen molar-refractivity contribution in [2.24, 2.45) is 0 Å². The molecule has 7 nitrogen and oxygen atoms in total. The first-order chi connectivity index (χ1) is 13.1. The van der Waals surface area contributed by atoms with Gasteiger partial charge in [-0.1, -0.05) is 27.2 Å². The monoisotopic (exact) mass is 388 g/mol. The number of fused-ring (bicyclic) bond motifs is 1. The zero-order valence-electron chi connectivity index (χ0n) is 17.6. The van der Waals surface area contributed by atoms with E-state index in [2.05, 4.69) is 25.9 Å². The highest BCUT2D eigenvalue weighted by atomic mass is 16.3. The van der Waals surface area contributed by atoms with Gasteiger partial charge in [0.15, 0.2) is 0 Å². The fourth-order valence-corrected chi connectivity index (χ4v) is 3.83. The summed E-state index contributed by atoms with van der Waals surface area (Å²) in [6.07, 6.45) is 5.89. The van der Waals surface area contributed by atoms with E-state index in [4.69, 9.17) is 0 Å². The Morgan fingerprint density at radius 1 is 1.43 bits per heavy atom. The van der Waals surface area contributed by atoms with Crippen LogP contribution in [0.15, 0.2) is 17.1 Å². The molecule has 0 radical (unpaired) electrons. The summed E-state index contributed by atoms with van der Waals surface area (Å²) in [5.74, 6) is 0.966. The van der Waals surface area contributed by atoms with E-state index >= 15 is 0 Å². The van der Waals surface area contributed by atoms with E-state index in [-0.39, 0.29) is 24.1 Å². The molecule has 1 fully saturated rings. The van der Waals surface area contributed by atoms with Crippen molar-refractivity contribution in [1.29, 1.82) is 0 Å². The Hall–Kier alpha value is -2.15. The fourth-order valence-electron chi connectivity index (χ4n) is 3.83. The van der Waals surface area contributed by atoms with Crippen LogP contribution < -0.4 is 5.56 Å². The summed E-state index contributed by atoms with van der Waals surface area (Å²) >= 11 is 0. The van der Waals surface area contributed by atoms with E-state index in [0.29, 0.717) is 24.3 Å². The Morgan fingerprint density at radius 2 is 2.11 bits per heavy atom. The molecule has 0 saturated heterocycles. The molecule has 0 aromatic carbocycles. The third-order valence-electron chi connectivity index (χ3n) is 5.81. The molecule has 2 heterocycles. The molecule has 1 aliphatic rings. The lowest BCUT2D eigenvalue weighted by atomic mass is 9.76. The predicted molar refractivity (Wildman–Crippen MR) is 109 cm³/mol. The van der Waals surface area contributed by atoms with Crippen molar-refractivity contribution in [1.82, 2.24) is 19.1 Å². The molecular formula is C21H32N4O3. The molecule has 7 heteroatoms. The SMILES string of the molecule is CCCCc1nn(CC(=O)N(C)C2CC(C)(O)C2)c(=O)c2cc(C(C)C)cn12. The van der Waals surface area contributed by atoms with Crippen molar-refractivity contribution < 1.29 is 9.90 Å². The summed E-state index contributed by atoms with van der Waals surface area (Å²) in [6.45, 7) is 8.01. The highest BCUT2D eigenvalue weighted by Crippen LogP contribution is 2.34. The summed E-state index contributed by atoms with van der Waals surface area (Å²) in [4.78, 5) is 27.3. The maximum Gasteiger partial charge on any atom is 0.291 e. The summed E-state index contributed by atoms with van der Waals surface area (Å²) in [5.41, 5.74) is 0.732. The largest absolute Gasteiger partial charge is 0.390 e. The van der Waals surface area contributed by atoms with Gasteiger partial charge in [-0.3, -0.25) is 14.0 Å². The van der Waals surface area contributed by atoms with E-state index in [1.807, 2.05) is 16.7 Å². The molecule has 0 spiro atoms. The molecule has 0 bridgehead atoms. The molecule has 28 heavy (non-hydrogen) atoms. The molecular weight excluding hydrogens is 356 g/mol. The molecule has 0 unspecified atom stereocenters. The Balaban J connectivity index is 1.90. The minimum Gasteiger partial charge on any atom is -0.390 e. The first-order valence-corrected chi connectivity index (χ1v) is 10.2. The van der Waals surface area contributed by atoms with Gasteiger partial charge in [0.1, 0.15) is 17.9 Å². The fraction of sp³-hybridized carbons (Fsp3) is 0.667. The molecule has 154 valence electrons. The third kappa shape index (κ3) is 3.99. The van der Waals surface area contributed by atoms with Gasteiger partial charge in [-0.25, -0.2) is 4.68 Å². The number of aryl methyl sites for hydroxylation is 1. The molecule has 0 aliphatic heterocycles. The summed E-state index contributed by atoms with van der Waals surface area (Å²) in [5, 5.41) is 14.5. The number of amides is 1. The van der Waals surface area contributed by atoms with Crippen LogP contribution in [0.5, 0.6) is 0 Å². The topological polar surface area (TPSA) is 79.8 Å². The van der Waals surface area contributed by atoms with Crippen LogP contribution in [-0.2, 0) is 17.8 Å². The van der Waals surface area contributed by atoms with E-state index in [1.165, 1.54) is 4.68 Å². The molecule has 1 N–H and O–H groups in total. The van der Waals surface area contributed by atoms with Crippen molar-refractivity contribution >= 4 is 11.4 Å². The Bertz CT molecular complexity index is 918. The predicted octanol–water partition coefficient (Wildman–Crippen LogP) is 2.33. The van der Waals surface area contributed by atoms with Crippen LogP contribution in [0.25, 0.3) is 5.52 Å². The van der Waals surface area contributed by atoms with Crippen LogP contribution in [0.4, 0.5) is 0 Å². The highest BCUT2D eigenvalue weighted by molar-refractivity contribution is 5.76. The quantitative estimate of drug-likeness (QED) is 0.789. The Kier molecular flexibility index (Phi) is 5.66. The van der Waals surface area contributed by atoms with Crippen LogP contribution in [0.1, 0.15) is 70.7 Å².